The molecule has 0 saturated heterocycles. The minimum Gasteiger partial charge on any atom is -0.327 e. The fourth-order valence-corrected chi connectivity index (χ4v) is 0.541. The Labute approximate surface area is 77.8 Å². The van der Waals surface area contributed by atoms with Crippen LogP contribution in [0.1, 0.15) is 13.3 Å². The lowest BCUT2D eigenvalue weighted by atomic mass is 10.2. The molecule has 0 saturated carbocycles. The highest BCUT2D eigenvalue weighted by Gasteiger charge is 2.38. The lowest BCUT2D eigenvalue weighted by molar-refractivity contribution is -0.175. The third kappa shape index (κ3) is 5.36. The van der Waals surface area contributed by atoms with Crippen molar-refractivity contribution in [2.75, 3.05) is 0 Å². The zero-order valence-electron chi connectivity index (χ0n) is 7.31. The summed E-state index contributed by atoms with van der Waals surface area (Å²) in [6.07, 6.45) is -5.18. The summed E-state index contributed by atoms with van der Waals surface area (Å²) in [7, 11) is 0. The average Bonchev–Trinajstić information content (AvgIpc) is 1.96. The van der Waals surface area contributed by atoms with Crippen LogP contribution in [0.5, 0.6) is 0 Å². The Morgan fingerprint density at radius 3 is 2.21 bits per heavy atom. The van der Waals surface area contributed by atoms with E-state index >= 15 is 0 Å². The van der Waals surface area contributed by atoms with Gasteiger partial charge in [0.15, 0.2) is 0 Å². The van der Waals surface area contributed by atoms with E-state index < -0.39 is 24.0 Å². The Bertz CT molecular complexity index is 227. The first-order valence-corrected chi connectivity index (χ1v) is 3.65. The van der Waals surface area contributed by atoms with Gasteiger partial charge in [-0.25, -0.2) is 0 Å². The summed E-state index contributed by atoms with van der Waals surface area (Å²) in [5.41, 5.74) is 7.98. The van der Waals surface area contributed by atoms with Gasteiger partial charge in [-0.05, 0) is 6.92 Å². The first-order chi connectivity index (χ1) is 6.23. The lowest BCUT2D eigenvalue weighted by Crippen LogP contribution is -2.48. The normalized spacial score (nSPS) is 13.2. The van der Waals surface area contributed by atoms with Gasteiger partial charge >= 0.3 is 12.1 Å². The van der Waals surface area contributed by atoms with Gasteiger partial charge in [-0.2, -0.15) is 13.2 Å². The summed E-state index contributed by atoms with van der Waals surface area (Å²) in [6.45, 7) is 1.51. The Morgan fingerprint density at radius 2 is 1.86 bits per heavy atom. The highest BCUT2D eigenvalue weighted by atomic mass is 19.4. The van der Waals surface area contributed by atoms with E-state index in [-0.39, 0.29) is 6.42 Å². The molecular weight excluding hydrogens is 203 g/mol. The molecule has 0 aliphatic rings. The number of hydrogen-bond donors (Lipinski definition) is 3. The summed E-state index contributed by atoms with van der Waals surface area (Å²) >= 11 is 0. The number of halogens is 3. The van der Waals surface area contributed by atoms with Gasteiger partial charge in [-0.3, -0.25) is 20.4 Å². The molecule has 4 N–H and O–H groups in total. The topological polar surface area (TPSA) is 84.2 Å². The second-order valence-corrected chi connectivity index (χ2v) is 2.68. The number of amides is 2. The molecule has 0 radical (unpaired) electrons. The third-order valence-electron chi connectivity index (χ3n) is 1.08. The van der Waals surface area contributed by atoms with Crippen LogP contribution in [0, 0.1) is 0 Å². The Kier molecular flexibility index (Phi) is 4.35. The van der Waals surface area contributed by atoms with Crippen LogP contribution >= 0.6 is 0 Å². The number of alkyl halides is 3. The maximum absolute atomic E-state index is 11.6. The smallest absolute Gasteiger partial charge is 0.327 e. The van der Waals surface area contributed by atoms with E-state index in [0.717, 1.165) is 0 Å². The van der Waals surface area contributed by atoms with Crippen molar-refractivity contribution in [2.45, 2.75) is 25.6 Å². The quantitative estimate of drug-likeness (QED) is 0.537. The number of nitrogens with one attached hydrogen (secondary N) is 2. The summed E-state index contributed by atoms with van der Waals surface area (Å²) in [6, 6.07) is -0.488. The molecule has 0 fully saturated rings. The molecular formula is C6H10F3N3O2. The van der Waals surface area contributed by atoms with Gasteiger partial charge in [0, 0.05) is 12.5 Å². The predicted octanol–water partition coefficient (Wildman–Crippen LogP) is -0.567. The first kappa shape index (κ1) is 12.7. The van der Waals surface area contributed by atoms with E-state index in [1.165, 1.54) is 12.3 Å². The van der Waals surface area contributed by atoms with Crippen LogP contribution < -0.4 is 16.6 Å². The van der Waals surface area contributed by atoms with Crippen LogP contribution in [0.3, 0.4) is 0 Å². The molecule has 0 bridgehead atoms. The molecule has 0 aromatic rings. The predicted molar refractivity (Wildman–Crippen MR) is 40.6 cm³/mol. The molecule has 2 amide bonds. The van der Waals surface area contributed by atoms with Crippen LogP contribution in [0.2, 0.25) is 0 Å². The highest BCUT2D eigenvalue weighted by Crippen LogP contribution is 2.13. The summed E-state index contributed by atoms with van der Waals surface area (Å²) in [5, 5.41) is 0. The molecule has 14 heavy (non-hydrogen) atoms. The second-order valence-electron chi connectivity index (χ2n) is 2.68. The number of hydrazine groups is 1. The van der Waals surface area contributed by atoms with E-state index in [1.54, 1.807) is 5.43 Å². The molecule has 0 aliphatic heterocycles. The van der Waals surface area contributed by atoms with E-state index in [2.05, 4.69) is 0 Å². The molecule has 0 aromatic carbocycles. The monoisotopic (exact) mass is 213 g/mol. The summed E-state index contributed by atoms with van der Waals surface area (Å²) < 4.78 is 34.7. The lowest BCUT2D eigenvalue weighted by Gasteiger charge is -2.09. The second kappa shape index (κ2) is 4.80. The zero-order chi connectivity index (χ0) is 11.4. The van der Waals surface area contributed by atoms with Gasteiger partial charge in [-0.1, -0.05) is 0 Å². The standard InChI is InChI=1S/C6H10F3N3O2/c1-3(10)2-4(13)11-12-5(14)6(7,8)9/h3H,2,10H2,1H3,(H,11,13)(H,12,14). The van der Waals surface area contributed by atoms with Crippen molar-refractivity contribution in [3.8, 4) is 0 Å². The van der Waals surface area contributed by atoms with E-state index in [1.807, 2.05) is 0 Å². The summed E-state index contributed by atoms with van der Waals surface area (Å²) in [5.74, 6) is -3.01. The van der Waals surface area contributed by atoms with E-state index in [9.17, 15) is 22.8 Å². The van der Waals surface area contributed by atoms with Gasteiger partial charge in [0.05, 0.1) is 0 Å². The van der Waals surface area contributed by atoms with Crippen LogP contribution in [-0.4, -0.2) is 24.0 Å². The third-order valence-corrected chi connectivity index (χ3v) is 1.08. The maximum atomic E-state index is 11.6. The highest BCUT2D eigenvalue weighted by molar-refractivity contribution is 5.85. The van der Waals surface area contributed by atoms with Crippen molar-refractivity contribution < 1.29 is 22.8 Å². The van der Waals surface area contributed by atoms with Crippen LogP contribution in [0.15, 0.2) is 0 Å². The maximum Gasteiger partial charge on any atom is 0.472 e. The van der Waals surface area contributed by atoms with Crippen molar-refractivity contribution in [2.24, 2.45) is 5.73 Å². The molecule has 5 nitrogen and oxygen atoms in total. The van der Waals surface area contributed by atoms with Crippen molar-refractivity contribution in [1.82, 2.24) is 10.9 Å². The molecule has 1 atom stereocenters. The largest absolute Gasteiger partial charge is 0.472 e. The molecule has 1 unspecified atom stereocenters. The fourth-order valence-electron chi connectivity index (χ4n) is 0.541. The van der Waals surface area contributed by atoms with Crippen molar-refractivity contribution >= 4 is 11.8 Å². The zero-order valence-corrected chi connectivity index (χ0v) is 7.31. The Hall–Kier alpha value is -1.31. The van der Waals surface area contributed by atoms with Crippen molar-refractivity contribution in [3.63, 3.8) is 0 Å². The SMILES string of the molecule is CC(N)CC(=O)NNC(=O)C(F)(F)F. The van der Waals surface area contributed by atoms with Gasteiger partial charge in [0.2, 0.25) is 5.91 Å². The van der Waals surface area contributed by atoms with Crippen molar-refractivity contribution in [1.29, 1.82) is 0 Å². The minimum absolute atomic E-state index is 0.169. The molecule has 0 rings (SSSR count). The Balaban J connectivity index is 3.84. The van der Waals surface area contributed by atoms with Crippen LogP contribution in [0.4, 0.5) is 13.2 Å². The number of carbonyl (C=O) groups is 2. The fraction of sp³-hybridized carbons (Fsp3) is 0.667. The van der Waals surface area contributed by atoms with E-state index in [0.29, 0.717) is 0 Å². The first-order valence-electron chi connectivity index (χ1n) is 3.65. The van der Waals surface area contributed by atoms with Gasteiger partial charge in [0.25, 0.3) is 0 Å². The molecule has 8 heteroatoms. The van der Waals surface area contributed by atoms with Crippen molar-refractivity contribution in [3.05, 3.63) is 0 Å². The minimum atomic E-state index is -5.01. The Morgan fingerprint density at radius 1 is 1.36 bits per heavy atom. The number of rotatable bonds is 2. The molecule has 0 heterocycles. The average molecular weight is 213 g/mol. The van der Waals surface area contributed by atoms with Crippen LogP contribution in [0.25, 0.3) is 0 Å². The molecule has 0 spiro atoms. The number of carbonyl (C=O) groups excluding carboxylic acids is 2. The van der Waals surface area contributed by atoms with Gasteiger partial charge in [-0.15, -0.1) is 0 Å². The van der Waals surface area contributed by atoms with Gasteiger partial charge < -0.3 is 5.73 Å². The molecule has 0 aliphatic carbocycles. The number of hydrogen-bond acceptors (Lipinski definition) is 3. The molecule has 82 valence electrons. The number of nitrogens with two attached hydrogens (primary N) is 1. The van der Waals surface area contributed by atoms with E-state index in [4.69, 9.17) is 5.73 Å². The van der Waals surface area contributed by atoms with Crippen LogP contribution in [-0.2, 0) is 9.59 Å². The van der Waals surface area contributed by atoms with Gasteiger partial charge in [0.1, 0.15) is 0 Å². The molecule has 0 aromatic heterocycles. The summed E-state index contributed by atoms with van der Waals surface area (Å²) in [4.78, 5) is 20.9.